The highest BCUT2D eigenvalue weighted by Crippen LogP contribution is 2.31. The number of para-hydroxylation sites is 1. The number of thiazole rings is 1. The number of hydrogen-bond donors (Lipinski definition) is 1. The number of methoxy groups -OCH3 is 1. The molecule has 0 bridgehead atoms. The van der Waals surface area contributed by atoms with Gasteiger partial charge in [0.05, 0.1) is 12.8 Å². The van der Waals surface area contributed by atoms with Crippen LogP contribution >= 0.6 is 22.9 Å². The molecule has 134 valence electrons. The van der Waals surface area contributed by atoms with Gasteiger partial charge in [0.15, 0.2) is 11.7 Å². The van der Waals surface area contributed by atoms with Crippen molar-refractivity contribution < 1.29 is 14.3 Å². The van der Waals surface area contributed by atoms with E-state index >= 15 is 0 Å². The van der Waals surface area contributed by atoms with E-state index in [-0.39, 0.29) is 12.5 Å². The number of anilines is 1. The number of carbonyl (C=O) groups excluding carboxylic acids is 1. The largest absolute Gasteiger partial charge is 0.496 e. The summed E-state index contributed by atoms with van der Waals surface area (Å²) in [4.78, 5) is 16.5. The zero-order valence-corrected chi connectivity index (χ0v) is 15.9. The summed E-state index contributed by atoms with van der Waals surface area (Å²) in [7, 11) is 1.61. The monoisotopic (exact) mass is 388 g/mol. The Kier molecular flexibility index (Phi) is 5.75. The van der Waals surface area contributed by atoms with Gasteiger partial charge in [-0.15, -0.1) is 11.3 Å². The molecule has 2 aromatic carbocycles. The summed E-state index contributed by atoms with van der Waals surface area (Å²) in [6.45, 7) is 1.77. The molecule has 5 nitrogen and oxygen atoms in total. The van der Waals surface area contributed by atoms with Crippen LogP contribution in [-0.2, 0) is 4.79 Å². The second kappa shape index (κ2) is 8.21. The zero-order valence-electron chi connectivity index (χ0n) is 14.3. The normalized spacial score (nSPS) is 10.4. The predicted octanol–water partition coefficient (Wildman–Crippen LogP) is 4.80. The SMILES string of the molecule is COc1ccccc1-c1csc(NC(=O)COc2ccc(Cl)c(C)c2)n1. The first-order valence-electron chi connectivity index (χ1n) is 7.84. The van der Waals surface area contributed by atoms with Gasteiger partial charge in [-0.2, -0.15) is 0 Å². The summed E-state index contributed by atoms with van der Waals surface area (Å²) in [5.41, 5.74) is 2.52. The maximum atomic E-state index is 12.1. The van der Waals surface area contributed by atoms with Crippen LogP contribution in [0.25, 0.3) is 11.3 Å². The van der Waals surface area contributed by atoms with Crippen LogP contribution in [0.5, 0.6) is 11.5 Å². The number of hydrogen-bond acceptors (Lipinski definition) is 5. The van der Waals surface area contributed by atoms with Gasteiger partial charge in [0.1, 0.15) is 11.5 Å². The van der Waals surface area contributed by atoms with Crippen LogP contribution in [0.1, 0.15) is 5.56 Å². The number of aryl methyl sites for hydroxylation is 1. The number of aromatic nitrogens is 1. The fourth-order valence-corrected chi connectivity index (χ4v) is 3.17. The third-order valence-corrected chi connectivity index (χ3v) is 4.81. The molecule has 0 aliphatic rings. The van der Waals surface area contributed by atoms with Crippen molar-refractivity contribution in [3.8, 4) is 22.8 Å². The molecule has 3 rings (SSSR count). The molecule has 1 N–H and O–H groups in total. The molecule has 0 spiro atoms. The smallest absolute Gasteiger partial charge is 0.264 e. The van der Waals surface area contributed by atoms with E-state index < -0.39 is 0 Å². The molecule has 7 heteroatoms. The Morgan fingerprint density at radius 1 is 1.27 bits per heavy atom. The lowest BCUT2D eigenvalue weighted by atomic mass is 10.1. The first-order chi connectivity index (χ1) is 12.6. The Morgan fingerprint density at radius 2 is 2.08 bits per heavy atom. The van der Waals surface area contributed by atoms with Crippen molar-refractivity contribution in [3.05, 3.63) is 58.4 Å². The number of nitrogens with zero attached hydrogens (tertiary/aromatic N) is 1. The van der Waals surface area contributed by atoms with Gasteiger partial charge >= 0.3 is 0 Å². The molecule has 1 heterocycles. The summed E-state index contributed by atoms with van der Waals surface area (Å²) in [6, 6.07) is 12.9. The molecule has 0 aliphatic heterocycles. The highest BCUT2D eigenvalue weighted by atomic mass is 35.5. The molecule has 3 aromatic rings. The van der Waals surface area contributed by atoms with E-state index in [2.05, 4.69) is 10.3 Å². The summed E-state index contributed by atoms with van der Waals surface area (Å²) in [5.74, 6) is 1.05. The predicted molar refractivity (Wildman–Crippen MR) is 104 cm³/mol. The highest BCUT2D eigenvalue weighted by molar-refractivity contribution is 7.14. The Bertz CT molecular complexity index is 927. The topological polar surface area (TPSA) is 60.5 Å². The molecule has 0 radical (unpaired) electrons. The Balaban J connectivity index is 1.61. The lowest BCUT2D eigenvalue weighted by molar-refractivity contribution is -0.118. The van der Waals surface area contributed by atoms with Crippen LogP contribution < -0.4 is 14.8 Å². The molecule has 0 saturated carbocycles. The standard InChI is InChI=1S/C19H17ClN2O3S/c1-12-9-13(7-8-15(12)20)25-10-18(23)22-19-21-16(11-26-19)14-5-3-4-6-17(14)24-2/h3-9,11H,10H2,1-2H3,(H,21,22,23). The summed E-state index contributed by atoms with van der Waals surface area (Å²) in [6.07, 6.45) is 0. The van der Waals surface area contributed by atoms with Crippen molar-refractivity contribution >= 4 is 34.0 Å². The molecule has 1 aromatic heterocycles. The van der Waals surface area contributed by atoms with E-state index in [1.54, 1.807) is 25.3 Å². The van der Waals surface area contributed by atoms with Gasteiger partial charge in [-0.1, -0.05) is 23.7 Å². The van der Waals surface area contributed by atoms with Crippen molar-refractivity contribution in [2.45, 2.75) is 6.92 Å². The van der Waals surface area contributed by atoms with Crippen molar-refractivity contribution in [1.29, 1.82) is 0 Å². The van der Waals surface area contributed by atoms with Crippen LogP contribution in [0.4, 0.5) is 5.13 Å². The van der Waals surface area contributed by atoms with E-state index in [1.807, 2.05) is 36.6 Å². The van der Waals surface area contributed by atoms with E-state index in [0.717, 1.165) is 22.6 Å². The molecule has 0 atom stereocenters. The number of rotatable bonds is 6. The fourth-order valence-electron chi connectivity index (χ4n) is 2.32. The lowest BCUT2D eigenvalue weighted by Crippen LogP contribution is -2.20. The lowest BCUT2D eigenvalue weighted by Gasteiger charge is -2.07. The number of halogens is 1. The second-order valence-electron chi connectivity index (χ2n) is 5.49. The first-order valence-corrected chi connectivity index (χ1v) is 9.10. The number of ether oxygens (including phenoxy) is 2. The van der Waals surface area contributed by atoms with Crippen LogP contribution in [0.15, 0.2) is 47.8 Å². The van der Waals surface area contributed by atoms with Gasteiger partial charge in [0.2, 0.25) is 0 Å². The van der Waals surface area contributed by atoms with Crippen molar-refractivity contribution in [2.75, 3.05) is 19.0 Å². The zero-order chi connectivity index (χ0) is 18.5. The van der Waals surface area contributed by atoms with Gasteiger partial charge in [-0.25, -0.2) is 4.98 Å². The molecule has 0 aliphatic carbocycles. The summed E-state index contributed by atoms with van der Waals surface area (Å²) in [5, 5.41) is 5.78. The number of amides is 1. The van der Waals surface area contributed by atoms with Gasteiger partial charge in [0, 0.05) is 16.0 Å². The molecule has 1 amide bonds. The van der Waals surface area contributed by atoms with Crippen LogP contribution in [0.3, 0.4) is 0 Å². The third-order valence-electron chi connectivity index (χ3n) is 3.63. The van der Waals surface area contributed by atoms with E-state index in [9.17, 15) is 4.79 Å². The van der Waals surface area contributed by atoms with Gasteiger partial charge in [-0.3, -0.25) is 10.1 Å². The number of benzene rings is 2. The van der Waals surface area contributed by atoms with E-state index in [0.29, 0.717) is 15.9 Å². The molecule has 0 fully saturated rings. The Hall–Kier alpha value is -2.57. The summed E-state index contributed by atoms with van der Waals surface area (Å²) < 4.78 is 10.8. The molecule has 0 saturated heterocycles. The fraction of sp³-hybridized carbons (Fsp3) is 0.158. The molecule has 26 heavy (non-hydrogen) atoms. The molecule has 0 unspecified atom stereocenters. The van der Waals surface area contributed by atoms with Crippen molar-refractivity contribution in [3.63, 3.8) is 0 Å². The molecular weight excluding hydrogens is 372 g/mol. The third kappa shape index (κ3) is 4.33. The average molecular weight is 389 g/mol. The van der Waals surface area contributed by atoms with Gasteiger partial charge in [-0.05, 0) is 42.8 Å². The highest BCUT2D eigenvalue weighted by Gasteiger charge is 2.12. The average Bonchev–Trinajstić information content (AvgIpc) is 3.11. The summed E-state index contributed by atoms with van der Waals surface area (Å²) >= 11 is 7.32. The minimum absolute atomic E-state index is 0.107. The maximum Gasteiger partial charge on any atom is 0.264 e. The maximum absolute atomic E-state index is 12.1. The van der Waals surface area contributed by atoms with Gasteiger partial charge < -0.3 is 9.47 Å². The minimum Gasteiger partial charge on any atom is -0.496 e. The first kappa shape index (κ1) is 18.2. The van der Waals surface area contributed by atoms with Crippen LogP contribution in [0.2, 0.25) is 5.02 Å². The molecular formula is C19H17ClN2O3S. The number of carbonyl (C=O) groups is 1. The Morgan fingerprint density at radius 3 is 2.85 bits per heavy atom. The van der Waals surface area contributed by atoms with E-state index in [4.69, 9.17) is 21.1 Å². The van der Waals surface area contributed by atoms with Crippen LogP contribution in [0, 0.1) is 6.92 Å². The quantitative estimate of drug-likeness (QED) is 0.659. The Labute approximate surface area is 160 Å². The van der Waals surface area contributed by atoms with Gasteiger partial charge in [0.25, 0.3) is 5.91 Å². The van der Waals surface area contributed by atoms with Crippen LogP contribution in [-0.4, -0.2) is 24.6 Å². The van der Waals surface area contributed by atoms with E-state index in [1.165, 1.54) is 11.3 Å². The van der Waals surface area contributed by atoms with Crippen molar-refractivity contribution in [1.82, 2.24) is 4.98 Å². The number of nitrogens with one attached hydrogen (secondary N) is 1. The minimum atomic E-state index is -0.279. The second-order valence-corrected chi connectivity index (χ2v) is 6.75. The van der Waals surface area contributed by atoms with Crippen molar-refractivity contribution in [2.24, 2.45) is 0 Å².